The van der Waals surface area contributed by atoms with Gasteiger partial charge < -0.3 is 14.7 Å². The summed E-state index contributed by atoms with van der Waals surface area (Å²) in [5, 5.41) is 2.95. The zero-order valence-electron chi connectivity index (χ0n) is 17.7. The molecule has 7 heteroatoms. The number of hydrogen-bond acceptors (Lipinski definition) is 4. The van der Waals surface area contributed by atoms with Gasteiger partial charge in [0.1, 0.15) is 11.6 Å². The number of fused-ring (bicyclic) bond motifs is 1. The molecule has 0 saturated carbocycles. The number of carbonyl (C=O) groups excluding carboxylic acids is 1. The van der Waals surface area contributed by atoms with Gasteiger partial charge in [0.25, 0.3) is 5.91 Å². The lowest BCUT2D eigenvalue weighted by Crippen LogP contribution is -2.25. The summed E-state index contributed by atoms with van der Waals surface area (Å²) in [6, 6.07) is 21.3. The molecule has 1 amide bonds. The third kappa shape index (κ3) is 4.39. The second-order valence-electron chi connectivity index (χ2n) is 7.62. The summed E-state index contributed by atoms with van der Waals surface area (Å²) >= 11 is 0. The number of amides is 1. The van der Waals surface area contributed by atoms with Gasteiger partial charge in [0, 0.05) is 18.5 Å². The van der Waals surface area contributed by atoms with Crippen molar-refractivity contribution >= 4 is 16.9 Å². The van der Waals surface area contributed by atoms with Crippen LogP contribution in [0.15, 0.2) is 83.4 Å². The van der Waals surface area contributed by atoms with Gasteiger partial charge in [0.05, 0.1) is 28.4 Å². The number of nitrogens with zero attached hydrogens (tertiary/aromatic N) is 2. The van der Waals surface area contributed by atoms with Crippen LogP contribution < -0.4 is 5.32 Å². The lowest BCUT2D eigenvalue weighted by molar-refractivity contribution is 0.0953. The summed E-state index contributed by atoms with van der Waals surface area (Å²) in [5.41, 5.74) is 3.26. The first kappa shape index (κ1) is 20.6. The van der Waals surface area contributed by atoms with Crippen molar-refractivity contribution in [2.45, 2.75) is 12.8 Å². The van der Waals surface area contributed by atoms with Crippen molar-refractivity contribution in [2.24, 2.45) is 0 Å². The topological polar surface area (TPSA) is 83.8 Å². The van der Waals surface area contributed by atoms with Crippen LogP contribution in [0, 0.1) is 5.82 Å². The van der Waals surface area contributed by atoms with E-state index in [0.717, 1.165) is 29.7 Å². The lowest BCUT2D eigenvalue weighted by atomic mass is 10.1. The third-order valence-corrected chi connectivity index (χ3v) is 5.36. The second-order valence-corrected chi connectivity index (χ2v) is 7.62. The van der Waals surface area contributed by atoms with Crippen molar-refractivity contribution in [2.75, 3.05) is 6.54 Å². The number of H-pyrrole nitrogens is 1. The highest BCUT2D eigenvalue weighted by Gasteiger charge is 2.17. The van der Waals surface area contributed by atoms with Crippen molar-refractivity contribution in [1.29, 1.82) is 0 Å². The first-order chi connectivity index (χ1) is 16.2. The molecule has 0 bridgehead atoms. The third-order valence-electron chi connectivity index (χ3n) is 5.36. The Morgan fingerprint density at radius 2 is 1.73 bits per heavy atom. The predicted octanol–water partition coefficient (Wildman–Crippen LogP) is 5.39. The van der Waals surface area contributed by atoms with Crippen LogP contribution in [-0.2, 0) is 6.42 Å². The number of aryl methyl sites for hydroxylation is 1. The molecule has 0 aliphatic heterocycles. The molecule has 0 saturated heterocycles. The van der Waals surface area contributed by atoms with E-state index in [4.69, 9.17) is 4.42 Å². The maximum Gasteiger partial charge on any atom is 0.252 e. The van der Waals surface area contributed by atoms with E-state index in [9.17, 15) is 9.18 Å². The first-order valence-electron chi connectivity index (χ1n) is 10.7. The highest BCUT2D eigenvalue weighted by molar-refractivity contribution is 6.00. The van der Waals surface area contributed by atoms with Crippen LogP contribution in [0.1, 0.15) is 22.6 Å². The molecule has 2 N–H and O–H groups in total. The highest BCUT2D eigenvalue weighted by Crippen LogP contribution is 2.29. The molecular weight excluding hydrogens is 419 g/mol. The minimum atomic E-state index is -0.393. The Morgan fingerprint density at radius 1 is 0.970 bits per heavy atom. The molecule has 0 aliphatic carbocycles. The summed E-state index contributed by atoms with van der Waals surface area (Å²) in [4.78, 5) is 25.0. The van der Waals surface area contributed by atoms with E-state index >= 15 is 0 Å². The number of halogens is 1. The van der Waals surface area contributed by atoms with Gasteiger partial charge in [-0.2, -0.15) is 0 Å². The van der Waals surface area contributed by atoms with Gasteiger partial charge in [0.15, 0.2) is 5.76 Å². The summed E-state index contributed by atoms with van der Waals surface area (Å²) < 4.78 is 19.9. The monoisotopic (exact) mass is 440 g/mol. The number of oxazole rings is 1. The van der Waals surface area contributed by atoms with Crippen LogP contribution in [-0.4, -0.2) is 27.4 Å². The largest absolute Gasteiger partial charge is 0.436 e. The summed E-state index contributed by atoms with van der Waals surface area (Å²) in [6.07, 6.45) is 2.93. The van der Waals surface area contributed by atoms with E-state index in [0.29, 0.717) is 29.0 Å². The van der Waals surface area contributed by atoms with Crippen molar-refractivity contribution in [3.05, 3.63) is 96.2 Å². The van der Waals surface area contributed by atoms with E-state index in [1.165, 1.54) is 12.3 Å². The maximum absolute atomic E-state index is 14.1. The Kier molecular flexibility index (Phi) is 5.68. The Morgan fingerprint density at radius 3 is 2.58 bits per heavy atom. The van der Waals surface area contributed by atoms with Gasteiger partial charge in [-0.1, -0.05) is 36.4 Å². The van der Waals surface area contributed by atoms with E-state index < -0.39 is 5.82 Å². The van der Waals surface area contributed by atoms with Crippen LogP contribution in [0.2, 0.25) is 0 Å². The maximum atomic E-state index is 14.1. The Labute approximate surface area is 189 Å². The summed E-state index contributed by atoms with van der Waals surface area (Å²) in [5.74, 6) is 0.855. The quantitative estimate of drug-likeness (QED) is 0.333. The van der Waals surface area contributed by atoms with Gasteiger partial charge in [0.2, 0.25) is 5.89 Å². The van der Waals surface area contributed by atoms with E-state index in [2.05, 4.69) is 20.3 Å². The van der Waals surface area contributed by atoms with E-state index in [1.807, 2.05) is 24.3 Å². The van der Waals surface area contributed by atoms with Gasteiger partial charge in [-0.05, 0) is 42.8 Å². The molecule has 2 aromatic heterocycles. The average Bonchev–Trinajstić information content (AvgIpc) is 3.49. The van der Waals surface area contributed by atoms with Gasteiger partial charge in [-0.15, -0.1) is 0 Å². The Balaban J connectivity index is 1.26. The van der Waals surface area contributed by atoms with Gasteiger partial charge >= 0.3 is 0 Å². The number of imidazole rings is 1. The molecule has 0 atom stereocenters. The fourth-order valence-electron chi connectivity index (χ4n) is 3.73. The molecule has 0 aliphatic rings. The number of hydrogen-bond donors (Lipinski definition) is 2. The molecule has 164 valence electrons. The number of aromatic amines is 1. The van der Waals surface area contributed by atoms with Crippen molar-refractivity contribution < 1.29 is 13.6 Å². The van der Waals surface area contributed by atoms with Crippen molar-refractivity contribution in [1.82, 2.24) is 20.3 Å². The molecule has 3 aromatic carbocycles. The Bertz CT molecular complexity index is 1390. The van der Waals surface area contributed by atoms with E-state index in [-0.39, 0.29) is 11.8 Å². The molecule has 5 rings (SSSR count). The molecule has 0 radical (unpaired) electrons. The number of carbonyl (C=O) groups is 1. The van der Waals surface area contributed by atoms with Gasteiger partial charge in [-0.25, -0.2) is 14.4 Å². The van der Waals surface area contributed by atoms with Crippen molar-refractivity contribution in [3.63, 3.8) is 0 Å². The molecule has 6 nitrogen and oxygen atoms in total. The van der Waals surface area contributed by atoms with Crippen LogP contribution in [0.3, 0.4) is 0 Å². The number of para-hydroxylation sites is 2. The molecule has 33 heavy (non-hydrogen) atoms. The summed E-state index contributed by atoms with van der Waals surface area (Å²) in [6.45, 7) is 0.496. The molecular formula is C26H21FN4O2. The zero-order valence-corrected chi connectivity index (χ0v) is 17.7. The van der Waals surface area contributed by atoms with Crippen LogP contribution in [0.4, 0.5) is 4.39 Å². The van der Waals surface area contributed by atoms with Crippen LogP contribution in [0.25, 0.3) is 33.8 Å². The molecule has 0 unspecified atom stereocenters. The molecule has 0 spiro atoms. The second kappa shape index (κ2) is 9.08. The van der Waals surface area contributed by atoms with E-state index in [1.54, 1.807) is 42.5 Å². The molecule has 2 heterocycles. The zero-order chi connectivity index (χ0) is 22.6. The number of benzene rings is 3. The molecule has 5 aromatic rings. The standard InChI is InChI=1S/C26H21FN4O2/c27-20-11-4-3-10-19(20)23-16-29-26(33-23)18-9-2-1-8-17(18)25(32)28-15-7-14-24-30-21-12-5-6-13-22(21)31-24/h1-6,8-13,16H,7,14-15H2,(H,28,32)(H,30,31). The number of aromatic nitrogens is 3. The molecule has 0 fully saturated rings. The van der Waals surface area contributed by atoms with Crippen LogP contribution >= 0.6 is 0 Å². The number of rotatable bonds is 7. The number of nitrogens with one attached hydrogen (secondary N) is 2. The van der Waals surface area contributed by atoms with Crippen molar-refractivity contribution in [3.8, 4) is 22.8 Å². The van der Waals surface area contributed by atoms with Gasteiger partial charge in [-0.3, -0.25) is 4.79 Å². The fourth-order valence-corrected chi connectivity index (χ4v) is 3.73. The smallest absolute Gasteiger partial charge is 0.252 e. The van der Waals surface area contributed by atoms with Crippen LogP contribution in [0.5, 0.6) is 0 Å². The predicted molar refractivity (Wildman–Crippen MR) is 124 cm³/mol. The highest BCUT2D eigenvalue weighted by atomic mass is 19.1. The SMILES string of the molecule is O=C(NCCCc1nc2ccccc2[nH]1)c1ccccc1-c1ncc(-c2ccccc2F)o1. The Hall–Kier alpha value is -4.26. The normalized spacial score (nSPS) is 11.1. The minimum Gasteiger partial charge on any atom is -0.436 e. The summed E-state index contributed by atoms with van der Waals surface area (Å²) in [7, 11) is 0. The first-order valence-corrected chi connectivity index (χ1v) is 10.7. The lowest BCUT2D eigenvalue weighted by Gasteiger charge is -2.08. The fraction of sp³-hybridized carbons (Fsp3) is 0.115. The minimum absolute atomic E-state index is 0.221. The average molecular weight is 440 g/mol.